The number of carbonyl (C=O) groups is 4. The molecule has 0 saturated heterocycles. The lowest BCUT2D eigenvalue weighted by molar-refractivity contribution is -0.156. The van der Waals surface area contributed by atoms with Crippen LogP contribution >= 0.6 is 0 Å². The molecule has 0 heterocycles. The molecule has 2 atom stereocenters. The second kappa shape index (κ2) is 19.7. The fraction of sp³-hybridized carbons (Fsp3) is 0.833. The molecule has 0 aliphatic carbocycles. The molecule has 0 aromatic rings. The molecule has 0 unspecified atom stereocenters. The van der Waals surface area contributed by atoms with E-state index in [2.05, 4.69) is 0 Å². The van der Waals surface area contributed by atoms with Crippen molar-refractivity contribution in [2.75, 3.05) is 39.6 Å². The third-order valence-corrected chi connectivity index (χ3v) is 5.34. The van der Waals surface area contributed by atoms with Gasteiger partial charge in [0.15, 0.2) is 12.2 Å². The van der Waals surface area contributed by atoms with E-state index in [1.807, 2.05) is 27.7 Å². The molecular weight excluding hydrogens is 464 g/mol. The van der Waals surface area contributed by atoms with Crippen molar-refractivity contribution in [1.29, 1.82) is 0 Å². The Labute approximate surface area is 208 Å². The SMILES string of the molecule is CCC(CC)COC(=O)[C@H](C)OC(=O)OCCOCCOC(=O)O[C@@H](C)C(=O)OCC(CC)CC. The zero-order valence-electron chi connectivity index (χ0n) is 21.9. The average Bonchev–Trinajstić information content (AvgIpc) is 2.84. The van der Waals surface area contributed by atoms with Crippen LogP contribution in [0.3, 0.4) is 0 Å². The van der Waals surface area contributed by atoms with Gasteiger partial charge in [-0.25, -0.2) is 19.2 Å². The van der Waals surface area contributed by atoms with Gasteiger partial charge in [-0.2, -0.15) is 0 Å². The van der Waals surface area contributed by atoms with Gasteiger partial charge in [-0.1, -0.05) is 53.4 Å². The predicted octanol–water partition coefficient (Wildman–Crippen LogP) is 4.05. The van der Waals surface area contributed by atoms with E-state index in [4.69, 9.17) is 33.2 Å². The zero-order valence-corrected chi connectivity index (χ0v) is 21.9. The maximum atomic E-state index is 11.8. The van der Waals surface area contributed by atoms with Gasteiger partial charge in [0, 0.05) is 0 Å². The number of hydrogen-bond donors (Lipinski definition) is 0. The summed E-state index contributed by atoms with van der Waals surface area (Å²) in [5.41, 5.74) is 0. The van der Waals surface area contributed by atoms with Crippen molar-refractivity contribution in [3.8, 4) is 0 Å². The first kappa shape index (κ1) is 32.4. The van der Waals surface area contributed by atoms with E-state index in [1.165, 1.54) is 13.8 Å². The summed E-state index contributed by atoms with van der Waals surface area (Å²) in [5, 5.41) is 0. The molecule has 0 fully saturated rings. The number of carbonyl (C=O) groups excluding carboxylic acids is 4. The van der Waals surface area contributed by atoms with Crippen molar-refractivity contribution in [1.82, 2.24) is 0 Å². The topological polar surface area (TPSA) is 133 Å². The molecular formula is C24H42O11. The van der Waals surface area contributed by atoms with E-state index in [9.17, 15) is 19.2 Å². The summed E-state index contributed by atoms with van der Waals surface area (Å²) in [4.78, 5) is 47.0. The summed E-state index contributed by atoms with van der Waals surface area (Å²) in [6.07, 6.45) is -0.664. The molecule has 0 bridgehead atoms. The Balaban J connectivity index is 3.87. The lowest BCUT2D eigenvalue weighted by Crippen LogP contribution is -2.29. The van der Waals surface area contributed by atoms with Crippen LogP contribution < -0.4 is 0 Å². The standard InChI is InChI=1S/C24H42O11/c1-7-19(8-2)15-32-21(25)17(5)34-23(27)30-13-11-29-12-14-31-24(28)35-18(6)22(26)33-16-20(9-3)10-4/h17-20H,7-16H2,1-6H3/t17-,18-/m0/s1. The molecule has 0 rings (SSSR count). The summed E-state index contributed by atoms with van der Waals surface area (Å²) in [6, 6.07) is 0. The predicted molar refractivity (Wildman–Crippen MR) is 125 cm³/mol. The van der Waals surface area contributed by atoms with Gasteiger partial charge in [-0.15, -0.1) is 0 Å². The minimum absolute atomic E-state index is 0.0137. The van der Waals surface area contributed by atoms with Crippen molar-refractivity contribution < 1.29 is 52.3 Å². The van der Waals surface area contributed by atoms with Crippen LogP contribution in [0.2, 0.25) is 0 Å². The number of hydrogen-bond acceptors (Lipinski definition) is 11. The molecule has 11 heteroatoms. The van der Waals surface area contributed by atoms with Crippen LogP contribution in [-0.2, 0) is 42.7 Å². The molecule has 35 heavy (non-hydrogen) atoms. The summed E-state index contributed by atoms with van der Waals surface area (Å²) in [6.45, 7) is 11.2. The Kier molecular flexibility index (Phi) is 18.3. The monoisotopic (exact) mass is 506 g/mol. The fourth-order valence-electron chi connectivity index (χ4n) is 2.61. The van der Waals surface area contributed by atoms with Crippen LogP contribution in [0.5, 0.6) is 0 Å². The Morgan fingerprint density at radius 2 is 0.886 bits per heavy atom. The minimum atomic E-state index is -1.09. The van der Waals surface area contributed by atoms with Gasteiger partial charge in [-0.05, 0) is 25.7 Å². The Morgan fingerprint density at radius 3 is 1.20 bits per heavy atom. The highest BCUT2D eigenvalue weighted by atomic mass is 16.7. The first-order valence-electron chi connectivity index (χ1n) is 12.3. The molecule has 204 valence electrons. The van der Waals surface area contributed by atoms with E-state index in [0.717, 1.165) is 25.7 Å². The molecule has 0 aromatic heterocycles. The second-order valence-corrected chi connectivity index (χ2v) is 7.95. The van der Waals surface area contributed by atoms with E-state index in [0.29, 0.717) is 0 Å². The Hall–Kier alpha value is -2.56. The third kappa shape index (κ3) is 15.9. The van der Waals surface area contributed by atoms with Gasteiger partial charge >= 0.3 is 24.2 Å². The second-order valence-electron chi connectivity index (χ2n) is 7.95. The summed E-state index contributed by atoms with van der Waals surface area (Å²) in [5.74, 6) is -0.735. The normalized spacial score (nSPS) is 12.6. The van der Waals surface area contributed by atoms with Gasteiger partial charge in [-0.3, -0.25) is 0 Å². The van der Waals surface area contributed by atoms with Crippen LogP contribution in [0.15, 0.2) is 0 Å². The molecule has 0 radical (unpaired) electrons. The molecule has 0 aliphatic heterocycles. The van der Waals surface area contributed by atoms with Crippen LogP contribution in [0.25, 0.3) is 0 Å². The Morgan fingerprint density at radius 1 is 0.543 bits per heavy atom. The van der Waals surface area contributed by atoms with Gasteiger partial charge in [0.2, 0.25) is 0 Å². The number of ether oxygens (including phenoxy) is 7. The van der Waals surface area contributed by atoms with E-state index >= 15 is 0 Å². The van der Waals surface area contributed by atoms with Crippen molar-refractivity contribution in [3.05, 3.63) is 0 Å². The minimum Gasteiger partial charge on any atom is -0.463 e. The highest BCUT2D eigenvalue weighted by Gasteiger charge is 2.22. The van der Waals surface area contributed by atoms with E-state index < -0.39 is 36.5 Å². The Bertz CT molecular complexity index is 563. The first-order chi connectivity index (χ1) is 16.7. The molecule has 11 nitrogen and oxygen atoms in total. The molecule has 0 aliphatic rings. The lowest BCUT2D eigenvalue weighted by atomic mass is 10.1. The lowest BCUT2D eigenvalue weighted by Gasteiger charge is -2.16. The van der Waals surface area contributed by atoms with Gasteiger partial charge in [0.05, 0.1) is 26.4 Å². The van der Waals surface area contributed by atoms with Crippen molar-refractivity contribution in [2.24, 2.45) is 11.8 Å². The van der Waals surface area contributed by atoms with Crippen LogP contribution in [-0.4, -0.2) is 76.1 Å². The molecule has 0 N–H and O–H groups in total. The van der Waals surface area contributed by atoms with Gasteiger partial charge in [0.25, 0.3) is 0 Å². The summed E-state index contributed by atoms with van der Waals surface area (Å²) < 4.78 is 34.8. The number of rotatable bonds is 18. The smallest absolute Gasteiger partial charge is 0.463 e. The average molecular weight is 507 g/mol. The zero-order chi connectivity index (χ0) is 26.6. The molecule has 0 amide bonds. The third-order valence-electron chi connectivity index (χ3n) is 5.34. The van der Waals surface area contributed by atoms with Crippen molar-refractivity contribution >= 4 is 24.2 Å². The van der Waals surface area contributed by atoms with Gasteiger partial charge in [0.1, 0.15) is 13.2 Å². The maximum absolute atomic E-state index is 11.8. The van der Waals surface area contributed by atoms with Crippen LogP contribution in [0.1, 0.15) is 67.2 Å². The maximum Gasteiger partial charge on any atom is 0.509 e. The quantitative estimate of drug-likeness (QED) is 0.151. The highest BCUT2D eigenvalue weighted by Crippen LogP contribution is 2.10. The fourth-order valence-corrected chi connectivity index (χ4v) is 2.61. The van der Waals surface area contributed by atoms with E-state index in [1.54, 1.807) is 0 Å². The van der Waals surface area contributed by atoms with Crippen molar-refractivity contribution in [2.45, 2.75) is 79.4 Å². The number of esters is 2. The molecule has 0 spiro atoms. The van der Waals surface area contributed by atoms with Crippen molar-refractivity contribution in [3.63, 3.8) is 0 Å². The van der Waals surface area contributed by atoms with E-state index in [-0.39, 0.29) is 51.5 Å². The van der Waals surface area contributed by atoms with Crippen LogP contribution in [0.4, 0.5) is 9.59 Å². The van der Waals surface area contributed by atoms with Gasteiger partial charge < -0.3 is 33.2 Å². The molecule has 0 aromatic carbocycles. The van der Waals surface area contributed by atoms with Crippen LogP contribution in [0, 0.1) is 11.8 Å². The summed E-state index contributed by atoms with van der Waals surface area (Å²) >= 11 is 0. The highest BCUT2D eigenvalue weighted by molar-refractivity contribution is 5.77. The first-order valence-corrected chi connectivity index (χ1v) is 12.3. The molecule has 0 saturated carbocycles. The summed E-state index contributed by atoms with van der Waals surface area (Å²) in [7, 11) is 0. The largest absolute Gasteiger partial charge is 0.509 e.